The molecule has 1 heterocycles. The minimum Gasteiger partial charge on any atom is -0.393 e. The molecule has 2 amide bonds. The molecule has 24 heavy (non-hydrogen) atoms. The maximum atomic E-state index is 12.5. The number of hydrogen-bond acceptors (Lipinski definition) is 4. The van der Waals surface area contributed by atoms with E-state index in [-0.39, 0.29) is 12.1 Å². The van der Waals surface area contributed by atoms with Crippen LogP contribution in [-0.4, -0.2) is 62.0 Å². The van der Waals surface area contributed by atoms with E-state index in [2.05, 4.69) is 26.1 Å². The van der Waals surface area contributed by atoms with E-state index >= 15 is 0 Å². The number of benzene rings is 1. The predicted octanol–water partition coefficient (Wildman–Crippen LogP) is 2.52. The van der Waals surface area contributed by atoms with Gasteiger partial charge in [0.15, 0.2) is 0 Å². The third-order valence-electron chi connectivity index (χ3n) is 4.64. The lowest BCUT2D eigenvalue weighted by atomic mass is 9.82. The zero-order valence-electron chi connectivity index (χ0n) is 13.9. The number of aliphatic hydroxyl groups excluding tert-OH is 1. The van der Waals surface area contributed by atoms with Gasteiger partial charge >= 0.3 is 6.03 Å². The van der Waals surface area contributed by atoms with Gasteiger partial charge in [0, 0.05) is 31.2 Å². The Labute approximate surface area is 150 Å². The molecule has 1 saturated heterocycles. The van der Waals surface area contributed by atoms with Gasteiger partial charge in [0.2, 0.25) is 0 Å². The van der Waals surface area contributed by atoms with Crippen LogP contribution in [0.4, 0.5) is 16.2 Å². The summed E-state index contributed by atoms with van der Waals surface area (Å²) in [5.74, 6) is 0.400. The Kier molecular flexibility index (Phi) is 5.63. The number of nitrogens with zero attached hydrogens (tertiary/aromatic N) is 2. The van der Waals surface area contributed by atoms with Crippen LogP contribution in [0.2, 0.25) is 0 Å². The Morgan fingerprint density at radius 3 is 2.79 bits per heavy atom. The molecule has 1 aromatic carbocycles. The molecule has 0 aromatic heterocycles. The van der Waals surface area contributed by atoms with Crippen LogP contribution in [-0.2, 0) is 4.74 Å². The Morgan fingerprint density at radius 2 is 2.12 bits per heavy atom. The van der Waals surface area contributed by atoms with Gasteiger partial charge in [-0.2, -0.15) is 0 Å². The lowest BCUT2D eigenvalue weighted by molar-refractivity contribution is 0.0332. The second-order valence-electron chi connectivity index (χ2n) is 6.56. The minimum atomic E-state index is -0.190. The molecule has 2 fully saturated rings. The molecule has 1 aliphatic carbocycles. The van der Waals surface area contributed by atoms with Crippen LogP contribution in [0.5, 0.6) is 0 Å². The lowest BCUT2D eigenvalue weighted by Crippen LogP contribution is -2.41. The Bertz CT molecular complexity index is 586. The topological polar surface area (TPSA) is 65.0 Å². The van der Waals surface area contributed by atoms with Gasteiger partial charge in [-0.05, 0) is 37.0 Å². The van der Waals surface area contributed by atoms with E-state index in [1.807, 2.05) is 18.2 Å². The van der Waals surface area contributed by atoms with E-state index in [0.29, 0.717) is 25.7 Å². The summed E-state index contributed by atoms with van der Waals surface area (Å²) < 4.78 is 6.34. The van der Waals surface area contributed by atoms with Crippen molar-refractivity contribution in [3.63, 3.8) is 0 Å². The molecule has 2 N–H and O–H groups in total. The molecule has 7 heteroatoms. The largest absolute Gasteiger partial charge is 0.393 e. The zero-order chi connectivity index (χ0) is 17.1. The van der Waals surface area contributed by atoms with Crippen LogP contribution in [0, 0.1) is 5.92 Å². The average molecular weight is 398 g/mol. The zero-order valence-corrected chi connectivity index (χ0v) is 15.5. The highest BCUT2D eigenvalue weighted by molar-refractivity contribution is 9.10. The van der Waals surface area contributed by atoms with E-state index in [0.717, 1.165) is 41.8 Å². The normalized spacial score (nSPS) is 23.5. The summed E-state index contributed by atoms with van der Waals surface area (Å²) in [6.07, 6.45) is 1.38. The number of ether oxygens (including phenoxy) is 1. The number of anilines is 2. The summed E-state index contributed by atoms with van der Waals surface area (Å²) in [6.45, 7) is 3.71. The number of carbonyl (C=O) groups excluding carboxylic acids is 1. The van der Waals surface area contributed by atoms with Gasteiger partial charge in [-0.15, -0.1) is 0 Å². The molecule has 1 aliphatic heterocycles. The summed E-state index contributed by atoms with van der Waals surface area (Å²) in [4.78, 5) is 16.4. The van der Waals surface area contributed by atoms with Gasteiger partial charge in [0.25, 0.3) is 0 Å². The first-order valence-electron chi connectivity index (χ1n) is 8.35. The third kappa shape index (κ3) is 4.20. The molecular formula is C17H24BrN3O3. The number of rotatable bonds is 4. The van der Waals surface area contributed by atoms with Gasteiger partial charge in [-0.3, -0.25) is 0 Å². The summed E-state index contributed by atoms with van der Waals surface area (Å²) in [5, 5.41) is 12.4. The van der Waals surface area contributed by atoms with Gasteiger partial charge < -0.3 is 25.0 Å². The molecule has 2 aliphatic rings. The van der Waals surface area contributed by atoms with Crippen molar-refractivity contribution in [3.8, 4) is 0 Å². The number of morpholine rings is 1. The lowest BCUT2D eigenvalue weighted by Gasteiger charge is -2.35. The first kappa shape index (κ1) is 17.5. The molecule has 0 radical (unpaired) electrons. The smallest absolute Gasteiger partial charge is 0.321 e. The molecule has 6 nitrogen and oxygen atoms in total. The molecule has 0 bridgehead atoms. The van der Waals surface area contributed by atoms with Crippen molar-refractivity contribution in [2.24, 2.45) is 5.92 Å². The number of aliphatic hydroxyl groups is 1. The van der Waals surface area contributed by atoms with Crippen molar-refractivity contribution < 1.29 is 14.6 Å². The number of carbonyl (C=O) groups is 1. The molecule has 0 atom stereocenters. The van der Waals surface area contributed by atoms with Crippen molar-refractivity contribution in [1.82, 2.24) is 4.90 Å². The number of nitrogens with one attached hydrogen (secondary N) is 1. The van der Waals surface area contributed by atoms with E-state index in [1.54, 1.807) is 11.9 Å². The van der Waals surface area contributed by atoms with Crippen molar-refractivity contribution in [2.75, 3.05) is 50.1 Å². The van der Waals surface area contributed by atoms with Crippen LogP contribution in [0.25, 0.3) is 0 Å². The number of halogens is 1. The van der Waals surface area contributed by atoms with Crippen molar-refractivity contribution >= 4 is 33.3 Å². The number of hydrogen-bond donors (Lipinski definition) is 2. The van der Waals surface area contributed by atoms with E-state index in [9.17, 15) is 9.90 Å². The number of urea groups is 1. The second-order valence-corrected chi connectivity index (χ2v) is 7.48. The average Bonchev–Trinajstić information content (AvgIpc) is 2.54. The predicted molar refractivity (Wildman–Crippen MR) is 97.6 cm³/mol. The maximum Gasteiger partial charge on any atom is 0.321 e. The highest BCUT2D eigenvalue weighted by Gasteiger charge is 2.29. The minimum absolute atomic E-state index is 0.121. The highest BCUT2D eigenvalue weighted by Crippen LogP contribution is 2.31. The van der Waals surface area contributed by atoms with Gasteiger partial charge in [-0.25, -0.2) is 4.79 Å². The Balaban J connectivity index is 1.66. The van der Waals surface area contributed by atoms with Gasteiger partial charge in [0.1, 0.15) is 0 Å². The molecule has 0 spiro atoms. The van der Waals surface area contributed by atoms with Crippen LogP contribution in [0.1, 0.15) is 12.8 Å². The summed E-state index contributed by atoms with van der Waals surface area (Å²) in [7, 11) is 1.80. The Morgan fingerprint density at radius 1 is 1.42 bits per heavy atom. The van der Waals surface area contributed by atoms with Crippen LogP contribution >= 0.6 is 15.9 Å². The quantitative estimate of drug-likeness (QED) is 0.818. The molecular weight excluding hydrogens is 374 g/mol. The van der Waals surface area contributed by atoms with Crippen LogP contribution in [0.3, 0.4) is 0 Å². The molecule has 0 unspecified atom stereocenters. The fourth-order valence-corrected chi connectivity index (χ4v) is 3.58. The Hall–Kier alpha value is -1.31. The molecule has 1 saturated carbocycles. The van der Waals surface area contributed by atoms with Gasteiger partial charge in [0.05, 0.1) is 30.7 Å². The van der Waals surface area contributed by atoms with E-state index in [4.69, 9.17) is 4.74 Å². The highest BCUT2D eigenvalue weighted by atomic mass is 79.9. The maximum absolute atomic E-state index is 12.5. The third-order valence-corrected chi connectivity index (χ3v) is 5.13. The summed E-state index contributed by atoms with van der Waals surface area (Å²) in [6, 6.07) is 5.82. The molecule has 3 rings (SSSR count). The fraction of sp³-hybridized carbons (Fsp3) is 0.588. The molecule has 132 valence electrons. The monoisotopic (exact) mass is 397 g/mol. The summed E-state index contributed by atoms with van der Waals surface area (Å²) >= 11 is 3.48. The van der Waals surface area contributed by atoms with Crippen LogP contribution < -0.4 is 10.2 Å². The van der Waals surface area contributed by atoms with Crippen molar-refractivity contribution in [1.29, 1.82) is 0 Å². The van der Waals surface area contributed by atoms with Crippen molar-refractivity contribution in [3.05, 3.63) is 22.7 Å². The van der Waals surface area contributed by atoms with E-state index in [1.165, 1.54) is 0 Å². The second kappa shape index (κ2) is 7.72. The first-order chi connectivity index (χ1) is 11.5. The number of amides is 2. The van der Waals surface area contributed by atoms with Crippen molar-refractivity contribution in [2.45, 2.75) is 18.9 Å². The van der Waals surface area contributed by atoms with Crippen LogP contribution in [0.15, 0.2) is 22.7 Å². The van der Waals surface area contributed by atoms with E-state index < -0.39 is 0 Å². The standard InChI is InChI=1S/C17H24BrN3O3/c1-20(11-12-8-14(22)9-12)17(23)19-15-10-13(18)2-3-16(15)21-4-6-24-7-5-21/h2-3,10,12,14,22H,4-9,11H2,1H3,(H,19,23). The fourth-order valence-electron chi connectivity index (χ4n) is 3.22. The van der Waals surface area contributed by atoms with Gasteiger partial charge in [-0.1, -0.05) is 15.9 Å². The molecule has 1 aromatic rings. The SMILES string of the molecule is CN(CC1CC(O)C1)C(=O)Nc1cc(Br)ccc1N1CCOCC1. The summed E-state index contributed by atoms with van der Waals surface area (Å²) in [5.41, 5.74) is 1.82. The first-order valence-corrected chi connectivity index (χ1v) is 9.14.